The molecule has 8 atom stereocenters. The molecule has 2 aliphatic carbocycles. The highest BCUT2D eigenvalue weighted by molar-refractivity contribution is 5.67. The number of epoxide rings is 1. The molecule has 8 heteroatoms. The van der Waals surface area contributed by atoms with E-state index in [1.165, 1.54) is 13.8 Å². The first kappa shape index (κ1) is 23.3. The first-order valence-corrected chi connectivity index (χ1v) is 11.4. The molecule has 1 aliphatic heterocycles. The summed E-state index contributed by atoms with van der Waals surface area (Å²) in [5, 5.41) is 22.5. The van der Waals surface area contributed by atoms with Crippen LogP contribution in [-0.2, 0) is 30.2 Å². The summed E-state index contributed by atoms with van der Waals surface area (Å²) in [4.78, 5) is 24.0. The van der Waals surface area contributed by atoms with Crippen molar-refractivity contribution < 1.29 is 38.4 Å². The van der Waals surface area contributed by atoms with Gasteiger partial charge in [0.15, 0.2) is 0 Å². The number of carbonyl (C=O) groups excluding carboxylic acids is 2. The highest BCUT2D eigenvalue weighted by Gasteiger charge is 2.79. The van der Waals surface area contributed by atoms with Gasteiger partial charge in [-0.1, -0.05) is 13.8 Å². The summed E-state index contributed by atoms with van der Waals surface area (Å²) < 4.78 is 22.5. The smallest absolute Gasteiger partial charge is 0.303 e. The fourth-order valence-corrected chi connectivity index (χ4v) is 6.72. The number of carbonyl (C=O) groups is 2. The lowest BCUT2D eigenvalue weighted by Gasteiger charge is -2.65. The van der Waals surface area contributed by atoms with E-state index in [0.717, 1.165) is 18.4 Å². The number of aliphatic hydroxyl groups excluding tert-OH is 2. The third kappa shape index (κ3) is 3.38. The Labute approximate surface area is 188 Å². The Bertz CT molecular complexity index is 846. The summed E-state index contributed by atoms with van der Waals surface area (Å²) in [7, 11) is 0. The second-order valence-electron chi connectivity index (χ2n) is 10.1. The molecule has 0 unspecified atom stereocenters. The van der Waals surface area contributed by atoms with Crippen LogP contribution in [-0.4, -0.2) is 59.3 Å². The van der Waals surface area contributed by atoms with E-state index in [2.05, 4.69) is 6.92 Å². The van der Waals surface area contributed by atoms with Crippen LogP contribution in [0.3, 0.4) is 0 Å². The summed E-state index contributed by atoms with van der Waals surface area (Å²) in [6.45, 7) is 6.93. The molecule has 1 aromatic rings. The molecule has 1 aromatic heterocycles. The number of ether oxygens (including phenoxy) is 3. The highest BCUT2D eigenvalue weighted by Crippen LogP contribution is 2.69. The summed E-state index contributed by atoms with van der Waals surface area (Å²) >= 11 is 0. The number of hydrogen-bond donors (Lipinski definition) is 2. The van der Waals surface area contributed by atoms with Crippen LogP contribution in [0.4, 0.5) is 0 Å². The molecule has 0 amide bonds. The first-order valence-electron chi connectivity index (χ1n) is 11.4. The van der Waals surface area contributed by atoms with E-state index in [1.807, 2.05) is 13.0 Å². The zero-order valence-corrected chi connectivity index (χ0v) is 19.2. The third-order valence-corrected chi connectivity index (χ3v) is 8.64. The normalized spacial score (nSPS) is 42.9. The van der Waals surface area contributed by atoms with Crippen LogP contribution in [0.15, 0.2) is 23.0 Å². The average molecular weight is 451 g/mol. The molecule has 0 radical (unpaired) electrons. The number of esters is 2. The molecule has 2 heterocycles. The van der Waals surface area contributed by atoms with Crippen molar-refractivity contribution in [3.63, 3.8) is 0 Å². The van der Waals surface area contributed by atoms with Gasteiger partial charge in [-0.2, -0.15) is 0 Å². The molecule has 2 saturated carbocycles. The Morgan fingerprint density at radius 3 is 2.50 bits per heavy atom. The number of aliphatic hydroxyl groups is 2. The van der Waals surface area contributed by atoms with Crippen molar-refractivity contribution in [1.29, 1.82) is 0 Å². The second-order valence-corrected chi connectivity index (χ2v) is 10.1. The topological polar surface area (TPSA) is 119 Å². The van der Waals surface area contributed by atoms with Crippen LogP contribution in [0, 0.1) is 22.7 Å². The van der Waals surface area contributed by atoms with E-state index < -0.39 is 46.7 Å². The van der Waals surface area contributed by atoms with Gasteiger partial charge < -0.3 is 28.8 Å². The Kier molecular flexibility index (Phi) is 5.92. The third-order valence-electron chi connectivity index (χ3n) is 8.64. The monoisotopic (exact) mass is 450 g/mol. The largest absolute Gasteiger partial charge is 0.472 e. The molecule has 178 valence electrons. The van der Waals surface area contributed by atoms with Crippen LogP contribution in [0.25, 0.3) is 0 Å². The molecule has 1 saturated heterocycles. The van der Waals surface area contributed by atoms with E-state index in [4.69, 9.17) is 18.6 Å². The van der Waals surface area contributed by atoms with Gasteiger partial charge in [-0.05, 0) is 54.6 Å². The number of fused-ring (bicyclic) bond motifs is 2. The molecular weight excluding hydrogens is 416 g/mol. The van der Waals surface area contributed by atoms with Crippen LogP contribution >= 0.6 is 0 Å². The van der Waals surface area contributed by atoms with Crippen molar-refractivity contribution in [3.8, 4) is 0 Å². The zero-order chi connectivity index (χ0) is 23.3. The van der Waals surface area contributed by atoms with Crippen LogP contribution in [0.2, 0.25) is 0 Å². The summed E-state index contributed by atoms with van der Waals surface area (Å²) in [5.74, 6) is -1.32. The van der Waals surface area contributed by atoms with E-state index in [1.54, 1.807) is 12.5 Å². The molecule has 3 fully saturated rings. The lowest BCUT2D eigenvalue weighted by molar-refractivity contribution is -0.276. The van der Waals surface area contributed by atoms with Gasteiger partial charge in [0.2, 0.25) is 0 Å². The van der Waals surface area contributed by atoms with Gasteiger partial charge in [-0.3, -0.25) is 9.59 Å². The zero-order valence-electron chi connectivity index (χ0n) is 19.2. The van der Waals surface area contributed by atoms with Crippen molar-refractivity contribution in [2.24, 2.45) is 22.7 Å². The predicted octanol–water partition coefficient (Wildman–Crippen LogP) is 2.25. The summed E-state index contributed by atoms with van der Waals surface area (Å²) in [6.07, 6.45) is 3.26. The van der Waals surface area contributed by atoms with Crippen LogP contribution in [0.1, 0.15) is 52.5 Å². The fraction of sp³-hybridized carbons (Fsp3) is 0.750. The predicted molar refractivity (Wildman–Crippen MR) is 112 cm³/mol. The maximum absolute atomic E-state index is 12.1. The van der Waals surface area contributed by atoms with Crippen LogP contribution in [0.5, 0.6) is 0 Å². The number of hydrogen-bond acceptors (Lipinski definition) is 8. The van der Waals surface area contributed by atoms with Gasteiger partial charge in [-0.15, -0.1) is 0 Å². The molecule has 2 N–H and O–H groups in total. The van der Waals surface area contributed by atoms with Crippen molar-refractivity contribution in [2.45, 2.75) is 77.3 Å². The second kappa shape index (κ2) is 8.15. The number of aryl methyl sites for hydroxylation is 1. The van der Waals surface area contributed by atoms with Gasteiger partial charge >= 0.3 is 11.9 Å². The maximum Gasteiger partial charge on any atom is 0.303 e. The molecule has 0 aromatic carbocycles. The van der Waals surface area contributed by atoms with Gasteiger partial charge in [0.25, 0.3) is 0 Å². The van der Waals surface area contributed by atoms with Gasteiger partial charge in [0, 0.05) is 13.8 Å². The minimum absolute atomic E-state index is 0.0902. The summed E-state index contributed by atoms with van der Waals surface area (Å²) in [6, 6.07) is 1.93. The first-order chi connectivity index (χ1) is 15.1. The van der Waals surface area contributed by atoms with Gasteiger partial charge in [0.1, 0.15) is 18.3 Å². The highest BCUT2D eigenvalue weighted by atomic mass is 16.6. The molecule has 4 rings (SSSR count). The lowest BCUT2D eigenvalue weighted by Crippen LogP contribution is -2.74. The van der Waals surface area contributed by atoms with Crippen molar-refractivity contribution in [3.05, 3.63) is 24.2 Å². The standard InChI is InChI=1S/C24H34O8/c1-14-20(28)21(32-16(3)26)23(12-30-15(2)25)18(5-6-19(27)24(23)13-31-24)22(14,4)9-7-17-8-10-29-11-17/h8,10-11,14,18-21,27-28H,5-7,9,12-13H2,1-4H3/t14-,18-,19+,20-,21+,22+,23+,24-/m1/s1. The van der Waals surface area contributed by atoms with Crippen LogP contribution < -0.4 is 0 Å². The van der Waals surface area contributed by atoms with Crippen molar-refractivity contribution in [1.82, 2.24) is 0 Å². The SMILES string of the molecule is CC(=O)OC[C@@]12[C@H](CC[C@H](O)[C@]13CO3)[C@@](C)(CCc1ccoc1)[C@H](C)[C@@H](O)[C@@H]2OC(C)=O. The minimum Gasteiger partial charge on any atom is -0.472 e. The van der Waals surface area contributed by atoms with Crippen molar-refractivity contribution in [2.75, 3.05) is 13.2 Å². The molecule has 3 aliphatic rings. The molecule has 0 bridgehead atoms. The molecule has 32 heavy (non-hydrogen) atoms. The Hall–Kier alpha value is -1.90. The minimum atomic E-state index is -1.06. The lowest BCUT2D eigenvalue weighted by atomic mass is 9.41. The van der Waals surface area contributed by atoms with E-state index in [9.17, 15) is 19.8 Å². The number of furan rings is 1. The maximum atomic E-state index is 12.1. The molecular formula is C24H34O8. The summed E-state index contributed by atoms with van der Waals surface area (Å²) in [5.41, 5.74) is -1.41. The van der Waals surface area contributed by atoms with E-state index >= 15 is 0 Å². The Morgan fingerprint density at radius 2 is 1.94 bits per heavy atom. The fourth-order valence-electron chi connectivity index (χ4n) is 6.72. The van der Waals surface area contributed by atoms with Gasteiger partial charge in [0.05, 0.1) is 36.8 Å². The Balaban J connectivity index is 1.82. The van der Waals surface area contributed by atoms with E-state index in [0.29, 0.717) is 12.8 Å². The molecule has 8 nitrogen and oxygen atoms in total. The quantitative estimate of drug-likeness (QED) is 0.500. The Morgan fingerprint density at radius 1 is 1.22 bits per heavy atom. The molecule has 1 spiro atoms. The van der Waals surface area contributed by atoms with Crippen molar-refractivity contribution >= 4 is 11.9 Å². The average Bonchev–Trinajstić information content (AvgIpc) is 3.37. The van der Waals surface area contributed by atoms with E-state index in [-0.39, 0.29) is 25.0 Å². The van der Waals surface area contributed by atoms with Gasteiger partial charge in [-0.25, -0.2) is 0 Å². The number of rotatable bonds is 6.